The lowest BCUT2D eigenvalue weighted by atomic mass is 10.0. The number of aliphatic hydroxyl groups excluding tert-OH is 1. The molecule has 0 bridgehead atoms. The molecule has 1 aliphatic carbocycles. The van der Waals surface area contributed by atoms with E-state index in [1.54, 1.807) is 19.9 Å². The Morgan fingerprint density at radius 3 is 2.91 bits per heavy atom. The molecule has 0 saturated heterocycles. The third-order valence-corrected chi connectivity index (χ3v) is 4.41. The van der Waals surface area contributed by atoms with Gasteiger partial charge < -0.3 is 14.9 Å². The fourth-order valence-corrected chi connectivity index (χ4v) is 3.20. The Bertz CT molecular complexity index is 689. The minimum atomic E-state index is -0.478. The maximum absolute atomic E-state index is 12.5. The lowest BCUT2D eigenvalue weighted by Gasteiger charge is -2.18. The van der Waals surface area contributed by atoms with Crippen LogP contribution in [0.5, 0.6) is 0 Å². The molecule has 2 aromatic rings. The van der Waals surface area contributed by atoms with Crippen LogP contribution < -0.4 is 5.32 Å². The molecule has 0 aliphatic heterocycles. The first-order valence-electron chi connectivity index (χ1n) is 7.76. The highest BCUT2D eigenvalue weighted by Gasteiger charge is 2.24. The summed E-state index contributed by atoms with van der Waals surface area (Å²) in [5, 5.41) is 17.5. The molecule has 22 heavy (non-hydrogen) atoms. The molecule has 3 rings (SSSR count). The van der Waals surface area contributed by atoms with Gasteiger partial charge >= 0.3 is 0 Å². The summed E-state index contributed by atoms with van der Waals surface area (Å²) in [5.74, 6) is 0.0793. The molecule has 1 aliphatic rings. The molecule has 0 spiro atoms. The van der Waals surface area contributed by atoms with Crippen LogP contribution in [-0.2, 0) is 0 Å². The second kappa shape index (κ2) is 6.04. The molecule has 2 heterocycles. The van der Waals surface area contributed by atoms with Crippen LogP contribution in [0.4, 0.5) is 0 Å². The molecular weight excluding hydrogens is 282 g/mol. The molecule has 6 heteroatoms. The smallest absolute Gasteiger partial charge is 0.258 e. The third-order valence-electron chi connectivity index (χ3n) is 4.41. The van der Waals surface area contributed by atoms with Gasteiger partial charge in [0.25, 0.3) is 11.6 Å². The quantitative estimate of drug-likeness (QED) is 0.903. The van der Waals surface area contributed by atoms with Gasteiger partial charge in [-0.3, -0.25) is 4.79 Å². The monoisotopic (exact) mass is 303 g/mol. The van der Waals surface area contributed by atoms with E-state index >= 15 is 0 Å². The molecule has 0 radical (unpaired) electrons. The normalized spacial score (nSPS) is 17.0. The first kappa shape index (κ1) is 15.0. The van der Waals surface area contributed by atoms with E-state index in [9.17, 15) is 9.90 Å². The number of hydrogen-bond acceptors (Lipinski definition) is 5. The standard InChI is InChI=1S/C16H21N3O3/c1-9-7-12(14-10(2)19-22-16(14)18-9)15(21)17-8-13(20)11-5-3-4-6-11/h7,11,13,20H,3-6,8H2,1-2H3,(H,17,21). The number of nitrogens with zero attached hydrogens (tertiary/aromatic N) is 2. The number of nitrogens with one attached hydrogen (secondary N) is 1. The van der Waals surface area contributed by atoms with E-state index in [-0.39, 0.29) is 12.5 Å². The van der Waals surface area contributed by atoms with Crippen LogP contribution in [0.25, 0.3) is 11.1 Å². The maximum Gasteiger partial charge on any atom is 0.258 e. The van der Waals surface area contributed by atoms with E-state index in [2.05, 4.69) is 15.5 Å². The zero-order chi connectivity index (χ0) is 15.7. The predicted octanol–water partition coefficient (Wildman–Crippen LogP) is 2.12. The van der Waals surface area contributed by atoms with E-state index in [0.29, 0.717) is 34.0 Å². The molecule has 118 valence electrons. The predicted molar refractivity (Wildman–Crippen MR) is 81.6 cm³/mol. The van der Waals surface area contributed by atoms with Crippen molar-refractivity contribution in [3.8, 4) is 0 Å². The average Bonchev–Trinajstić information content (AvgIpc) is 3.14. The molecule has 1 amide bonds. The SMILES string of the molecule is Cc1cc(C(=O)NCC(O)C2CCCC2)c2c(C)noc2n1. The topological polar surface area (TPSA) is 88.2 Å². The van der Waals surface area contributed by atoms with Crippen LogP contribution in [0.1, 0.15) is 47.4 Å². The van der Waals surface area contributed by atoms with Crippen molar-refractivity contribution in [2.45, 2.75) is 45.6 Å². The van der Waals surface area contributed by atoms with Crippen LogP contribution in [0.15, 0.2) is 10.6 Å². The largest absolute Gasteiger partial charge is 0.391 e. The number of rotatable bonds is 4. The summed E-state index contributed by atoms with van der Waals surface area (Å²) >= 11 is 0. The summed E-state index contributed by atoms with van der Waals surface area (Å²) in [4.78, 5) is 16.7. The Morgan fingerprint density at radius 2 is 2.18 bits per heavy atom. The summed E-state index contributed by atoms with van der Waals surface area (Å²) in [6, 6.07) is 1.73. The second-order valence-electron chi connectivity index (χ2n) is 6.08. The Labute approximate surface area is 128 Å². The van der Waals surface area contributed by atoms with Gasteiger partial charge in [0.05, 0.1) is 22.7 Å². The zero-order valence-corrected chi connectivity index (χ0v) is 12.9. The molecule has 1 unspecified atom stereocenters. The third kappa shape index (κ3) is 2.83. The summed E-state index contributed by atoms with van der Waals surface area (Å²) in [7, 11) is 0. The van der Waals surface area contributed by atoms with E-state index in [1.165, 1.54) is 12.8 Å². The van der Waals surface area contributed by atoms with Crippen molar-refractivity contribution in [3.05, 3.63) is 23.0 Å². The first-order chi connectivity index (χ1) is 10.6. The molecular formula is C16H21N3O3. The van der Waals surface area contributed by atoms with E-state index in [1.807, 2.05) is 0 Å². The fourth-order valence-electron chi connectivity index (χ4n) is 3.20. The minimum absolute atomic E-state index is 0.223. The molecule has 2 N–H and O–H groups in total. The highest BCUT2D eigenvalue weighted by Crippen LogP contribution is 2.27. The lowest BCUT2D eigenvalue weighted by molar-refractivity contribution is 0.0842. The highest BCUT2D eigenvalue weighted by atomic mass is 16.5. The number of aliphatic hydroxyl groups is 1. The number of aromatic nitrogens is 2. The van der Waals surface area contributed by atoms with Crippen LogP contribution >= 0.6 is 0 Å². The fraction of sp³-hybridized carbons (Fsp3) is 0.562. The number of carbonyl (C=O) groups excluding carboxylic acids is 1. The van der Waals surface area contributed by atoms with Crippen molar-refractivity contribution >= 4 is 17.0 Å². The van der Waals surface area contributed by atoms with Gasteiger partial charge in [-0.1, -0.05) is 18.0 Å². The molecule has 0 aromatic carbocycles. The van der Waals surface area contributed by atoms with Gasteiger partial charge in [-0.15, -0.1) is 0 Å². The number of aryl methyl sites for hydroxylation is 2. The summed E-state index contributed by atoms with van der Waals surface area (Å²) in [5.41, 5.74) is 2.22. The zero-order valence-electron chi connectivity index (χ0n) is 12.9. The highest BCUT2D eigenvalue weighted by molar-refractivity contribution is 6.06. The van der Waals surface area contributed by atoms with E-state index < -0.39 is 6.10 Å². The van der Waals surface area contributed by atoms with E-state index in [4.69, 9.17) is 4.52 Å². The Morgan fingerprint density at radius 1 is 1.45 bits per heavy atom. The van der Waals surface area contributed by atoms with Crippen LogP contribution in [0.2, 0.25) is 0 Å². The summed E-state index contributed by atoms with van der Waals surface area (Å²) in [6.07, 6.45) is 3.94. The number of fused-ring (bicyclic) bond motifs is 1. The molecule has 2 aromatic heterocycles. The first-order valence-corrected chi connectivity index (χ1v) is 7.76. The maximum atomic E-state index is 12.5. The Balaban J connectivity index is 1.76. The minimum Gasteiger partial charge on any atom is -0.391 e. The van der Waals surface area contributed by atoms with Crippen molar-refractivity contribution in [2.75, 3.05) is 6.54 Å². The van der Waals surface area contributed by atoms with Crippen molar-refractivity contribution in [1.82, 2.24) is 15.5 Å². The number of carbonyl (C=O) groups is 1. The van der Waals surface area contributed by atoms with Crippen LogP contribution in [0.3, 0.4) is 0 Å². The van der Waals surface area contributed by atoms with Gasteiger partial charge in [0, 0.05) is 12.2 Å². The number of pyridine rings is 1. The molecule has 1 atom stereocenters. The number of amides is 1. The van der Waals surface area contributed by atoms with E-state index in [0.717, 1.165) is 12.8 Å². The van der Waals surface area contributed by atoms with Crippen LogP contribution in [-0.4, -0.2) is 33.8 Å². The Kier molecular flexibility index (Phi) is 4.11. The average molecular weight is 303 g/mol. The molecule has 1 fully saturated rings. The van der Waals surface area contributed by atoms with Crippen molar-refractivity contribution in [1.29, 1.82) is 0 Å². The Hall–Kier alpha value is -1.95. The molecule has 6 nitrogen and oxygen atoms in total. The van der Waals surface area contributed by atoms with Crippen molar-refractivity contribution in [2.24, 2.45) is 5.92 Å². The second-order valence-corrected chi connectivity index (χ2v) is 6.08. The van der Waals surface area contributed by atoms with Gasteiger partial charge in [0.15, 0.2) is 0 Å². The van der Waals surface area contributed by atoms with Crippen molar-refractivity contribution in [3.63, 3.8) is 0 Å². The summed E-state index contributed by atoms with van der Waals surface area (Å²) in [6.45, 7) is 3.87. The van der Waals surface area contributed by atoms with Gasteiger partial charge in [0.2, 0.25) is 0 Å². The lowest BCUT2D eigenvalue weighted by Crippen LogP contribution is -2.35. The van der Waals surface area contributed by atoms with Crippen molar-refractivity contribution < 1.29 is 14.4 Å². The number of hydrogen-bond donors (Lipinski definition) is 2. The van der Waals surface area contributed by atoms with Gasteiger partial charge in [-0.05, 0) is 38.7 Å². The van der Waals surface area contributed by atoms with Gasteiger partial charge in [0.1, 0.15) is 0 Å². The van der Waals surface area contributed by atoms with Crippen LogP contribution in [0, 0.1) is 19.8 Å². The van der Waals surface area contributed by atoms with Gasteiger partial charge in [-0.25, -0.2) is 4.98 Å². The molecule has 1 saturated carbocycles. The summed E-state index contributed by atoms with van der Waals surface area (Å²) < 4.78 is 5.14. The van der Waals surface area contributed by atoms with Gasteiger partial charge in [-0.2, -0.15) is 0 Å².